The number of benzene rings is 2. The summed E-state index contributed by atoms with van der Waals surface area (Å²) in [4.78, 5) is 24.6. The summed E-state index contributed by atoms with van der Waals surface area (Å²) in [6, 6.07) is 17.4. The van der Waals surface area contributed by atoms with E-state index in [9.17, 15) is 9.59 Å². The summed E-state index contributed by atoms with van der Waals surface area (Å²) >= 11 is 0. The molecule has 2 amide bonds. The summed E-state index contributed by atoms with van der Waals surface area (Å²) in [5, 5.41) is 13.8. The minimum atomic E-state index is 0.00620. The van der Waals surface area contributed by atoms with Crippen molar-refractivity contribution in [3.8, 4) is 0 Å². The first-order valence-corrected chi connectivity index (χ1v) is 16.3. The van der Waals surface area contributed by atoms with Gasteiger partial charge in [-0.1, -0.05) is 80.4 Å². The van der Waals surface area contributed by atoms with Gasteiger partial charge in [0.2, 0.25) is 12.3 Å². The van der Waals surface area contributed by atoms with Crippen LogP contribution in [0, 0.1) is 6.92 Å². The molecule has 0 fully saturated rings. The fourth-order valence-corrected chi connectivity index (χ4v) is 4.67. The normalized spacial score (nSPS) is 12.2. The average Bonchev–Trinajstić information content (AvgIpc) is 2.95. The number of aryl methyl sites for hydroxylation is 3. The molecule has 0 heterocycles. The van der Waals surface area contributed by atoms with Crippen molar-refractivity contribution in [2.24, 2.45) is 0 Å². The second-order valence-corrected chi connectivity index (χ2v) is 12.0. The largest absolute Gasteiger partial charge is 0.379 e. The van der Waals surface area contributed by atoms with Gasteiger partial charge >= 0.3 is 0 Å². The third-order valence-electron chi connectivity index (χ3n) is 6.37. The molecule has 0 saturated heterocycles. The Morgan fingerprint density at radius 1 is 0.977 bits per heavy atom. The molecule has 2 aromatic rings. The summed E-state index contributed by atoms with van der Waals surface area (Å²) in [7, 11) is 6.66. The van der Waals surface area contributed by atoms with Gasteiger partial charge in [-0.3, -0.25) is 9.59 Å². The van der Waals surface area contributed by atoms with Crippen LogP contribution in [0.4, 0.5) is 0 Å². The SMILES string of the molecule is CC=C(CN[C@@H](C)CCc1ccccc1CCCNC=O)NCC(=O)NC(C)CN(C)C.CCC.Cc1cccc(P)c1. The number of likely N-dealkylation sites (N-methyl/N-ethyl adjacent to an activating group) is 1. The minimum Gasteiger partial charge on any atom is -0.379 e. The molecule has 0 aliphatic carbocycles. The van der Waals surface area contributed by atoms with Crippen molar-refractivity contribution in [3.05, 3.63) is 77.0 Å². The van der Waals surface area contributed by atoms with Crippen LogP contribution < -0.4 is 26.6 Å². The number of carbonyl (C=O) groups excluding carboxylic acids is 2. The molecule has 0 radical (unpaired) electrons. The summed E-state index contributed by atoms with van der Waals surface area (Å²) < 4.78 is 0. The lowest BCUT2D eigenvalue weighted by Crippen LogP contribution is -2.44. The first-order chi connectivity index (χ1) is 20.6. The summed E-state index contributed by atoms with van der Waals surface area (Å²) in [6.07, 6.45) is 7.98. The van der Waals surface area contributed by atoms with Gasteiger partial charge in [-0.2, -0.15) is 0 Å². The fourth-order valence-electron chi connectivity index (χ4n) is 4.29. The molecule has 43 heavy (non-hydrogen) atoms. The van der Waals surface area contributed by atoms with E-state index in [1.807, 2.05) is 34.0 Å². The van der Waals surface area contributed by atoms with Crippen LogP contribution in [0.5, 0.6) is 0 Å². The Morgan fingerprint density at radius 3 is 2.16 bits per heavy atom. The van der Waals surface area contributed by atoms with Gasteiger partial charge in [-0.25, -0.2) is 0 Å². The van der Waals surface area contributed by atoms with E-state index in [0.717, 1.165) is 44.3 Å². The number of nitrogens with one attached hydrogen (secondary N) is 4. The zero-order valence-corrected chi connectivity index (χ0v) is 29.3. The van der Waals surface area contributed by atoms with Crippen molar-refractivity contribution < 1.29 is 9.59 Å². The maximum absolute atomic E-state index is 12.1. The van der Waals surface area contributed by atoms with Crippen LogP contribution >= 0.6 is 9.24 Å². The van der Waals surface area contributed by atoms with Crippen LogP contribution in [0.1, 0.15) is 70.6 Å². The molecule has 4 N–H and O–H groups in total. The molecule has 2 rings (SSSR count). The number of rotatable bonds is 17. The van der Waals surface area contributed by atoms with Crippen LogP contribution in [-0.2, 0) is 22.4 Å². The highest BCUT2D eigenvalue weighted by Gasteiger charge is 2.10. The van der Waals surface area contributed by atoms with E-state index >= 15 is 0 Å². The zero-order chi connectivity index (χ0) is 32.5. The van der Waals surface area contributed by atoms with Crippen molar-refractivity contribution in [3.63, 3.8) is 0 Å². The first-order valence-electron chi connectivity index (χ1n) is 15.7. The lowest BCUT2D eigenvalue weighted by Gasteiger charge is -2.20. The Morgan fingerprint density at radius 2 is 1.63 bits per heavy atom. The van der Waals surface area contributed by atoms with Gasteiger partial charge in [-0.15, -0.1) is 9.24 Å². The molecular formula is C35H60N5O2P. The third kappa shape index (κ3) is 22.5. The van der Waals surface area contributed by atoms with Crippen LogP contribution in [0.3, 0.4) is 0 Å². The number of carbonyl (C=O) groups is 2. The predicted octanol–water partition coefficient (Wildman–Crippen LogP) is 4.75. The van der Waals surface area contributed by atoms with E-state index in [1.54, 1.807) is 0 Å². The number of nitrogens with zero attached hydrogens (tertiary/aromatic N) is 1. The van der Waals surface area contributed by atoms with E-state index in [2.05, 4.69) is 112 Å². The smallest absolute Gasteiger partial charge is 0.239 e. The van der Waals surface area contributed by atoms with Crippen molar-refractivity contribution >= 4 is 26.9 Å². The molecule has 7 nitrogen and oxygen atoms in total. The molecule has 0 saturated carbocycles. The maximum Gasteiger partial charge on any atom is 0.239 e. The molecule has 0 aromatic heterocycles. The van der Waals surface area contributed by atoms with Crippen molar-refractivity contribution in [2.45, 2.75) is 85.7 Å². The summed E-state index contributed by atoms with van der Waals surface area (Å²) in [5.41, 5.74) is 5.07. The van der Waals surface area contributed by atoms with Crippen molar-refractivity contribution in [1.82, 2.24) is 26.2 Å². The first kappa shape index (κ1) is 40.3. The number of amides is 2. The monoisotopic (exact) mass is 613 g/mol. The number of hydrogen-bond donors (Lipinski definition) is 4. The standard InChI is InChI=1S/C25H43N5O2.C7H9P.C3H8/c1-6-24(28-17-25(32)29-21(3)18-30(4)5)16-27-20(2)13-14-23-11-8-7-10-22(23)12-9-15-26-19-31;1-6-3-2-4-7(8)5-6;1-3-2/h6-8,10-11,19-21,27-28H,9,12-18H2,1-5H3,(H,26,31)(H,29,32);2-5H,8H2,1H3;3H2,1-2H3/t20-,21?;;/m0../s1. The lowest BCUT2D eigenvalue weighted by molar-refractivity contribution is -0.120. The van der Waals surface area contributed by atoms with E-state index in [1.165, 1.54) is 28.4 Å². The predicted molar refractivity (Wildman–Crippen MR) is 189 cm³/mol. The van der Waals surface area contributed by atoms with E-state index in [-0.39, 0.29) is 18.5 Å². The van der Waals surface area contributed by atoms with Crippen LogP contribution in [0.2, 0.25) is 0 Å². The number of hydrogen-bond acceptors (Lipinski definition) is 5. The molecule has 2 unspecified atom stereocenters. The molecule has 0 bridgehead atoms. The Balaban J connectivity index is 0.00000134. The highest BCUT2D eigenvalue weighted by Crippen LogP contribution is 2.14. The molecule has 3 atom stereocenters. The topological polar surface area (TPSA) is 85.5 Å². The highest BCUT2D eigenvalue weighted by molar-refractivity contribution is 7.27. The molecule has 0 aliphatic rings. The van der Waals surface area contributed by atoms with Crippen LogP contribution in [0.25, 0.3) is 0 Å². The molecule has 0 aliphatic heterocycles. The Kier molecular flexibility index (Phi) is 24.1. The van der Waals surface area contributed by atoms with Crippen LogP contribution in [-0.4, -0.2) is 69.6 Å². The van der Waals surface area contributed by atoms with Gasteiger partial charge in [0.25, 0.3) is 0 Å². The molecule has 0 spiro atoms. The lowest BCUT2D eigenvalue weighted by atomic mass is 9.97. The molecule has 8 heteroatoms. The number of allylic oxidation sites excluding steroid dienone is 1. The Labute approximate surface area is 265 Å². The van der Waals surface area contributed by atoms with Crippen molar-refractivity contribution in [2.75, 3.05) is 40.3 Å². The molecule has 2 aromatic carbocycles. The van der Waals surface area contributed by atoms with Gasteiger partial charge in [0.1, 0.15) is 0 Å². The summed E-state index contributed by atoms with van der Waals surface area (Å²) in [6.45, 7) is 15.0. The highest BCUT2D eigenvalue weighted by atomic mass is 31.0. The van der Waals surface area contributed by atoms with E-state index in [0.29, 0.717) is 19.1 Å². The molecular weight excluding hydrogens is 553 g/mol. The Hall–Kier alpha value is -2.73. The second kappa shape index (κ2) is 25.7. The second-order valence-electron chi connectivity index (χ2n) is 11.3. The van der Waals surface area contributed by atoms with Crippen molar-refractivity contribution in [1.29, 1.82) is 0 Å². The quantitative estimate of drug-likeness (QED) is 0.118. The van der Waals surface area contributed by atoms with Gasteiger partial charge in [0.05, 0.1) is 6.54 Å². The maximum atomic E-state index is 12.1. The van der Waals surface area contributed by atoms with Gasteiger partial charge < -0.3 is 26.2 Å². The zero-order valence-electron chi connectivity index (χ0n) is 28.1. The third-order valence-corrected chi connectivity index (χ3v) is 6.73. The Bertz CT molecular complexity index is 1030. The van der Waals surface area contributed by atoms with E-state index < -0.39 is 0 Å². The van der Waals surface area contributed by atoms with Gasteiger partial charge in [0.15, 0.2) is 0 Å². The van der Waals surface area contributed by atoms with Crippen LogP contribution in [0.15, 0.2) is 60.3 Å². The fraction of sp³-hybridized carbons (Fsp3) is 0.543. The van der Waals surface area contributed by atoms with Gasteiger partial charge in [-0.05, 0) is 83.9 Å². The summed E-state index contributed by atoms with van der Waals surface area (Å²) in [5.74, 6) is 0.00620. The molecule has 242 valence electrons. The average molecular weight is 614 g/mol. The minimum absolute atomic E-state index is 0.00620. The van der Waals surface area contributed by atoms with E-state index in [4.69, 9.17) is 0 Å². The van der Waals surface area contributed by atoms with Gasteiger partial charge in [0, 0.05) is 37.4 Å².